The summed E-state index contributed by atoms with van der Waals surface area (Å²) in [5.41, 5.74) is 0.443. The van der Waals surface area contributed by atoms with Gasteiger partial charge in [0.1, 0.15) is 28.6 Å². The molecule has 120 valence electrons. The summed E-state index contributed by atoms with van der Waals surface area (Å²) in [7, 11) is 1.58. The van der Waals surface area contributed by atoms with E-state index >= 15 is 0 Å². The van der Waals surface area contributed by atoms with Crippen molar-refractivity contribution in [3.05, 3.63) is 46.9 Å². The lowest BCUT2D eigenvalue weighted by molar-refractivity contribution is 0.0551. The molecule has 0 spiro atoms. The van der Waals surface area contributed by atoms with Crippen molar-refractivity contribution in [1.82, 2.24) is 5.32 Å². The lowest BCUT2D eigenvalue weighted by atomic mass is 9.96. The first-order valence-electron chi connectivity index (χ1n) is 7.20. The Morgan fingerprint density at radius 1 is 1.27 bits per heavy atom. The van der Waals surface area contributed by atoms with Gasteiger partial charge in [-0.25, -0.2) is 0 Å². The van der Waals surface area contributed by atoms with Crippen LogP contribution in [0, 0.1) is 13.8 Å². The van der Waals surface area contributed by atoms with Crippen LogP contribution < -0.4 is 10.1 Å². The molecular formula is C17H23NO4. The quantitative estimate of drug-likeness (QED) is 0.765. The number of phenols is 1. The molecule has 0 saturated heterocycles. The molecule has 1 aromatic heterocycles. The number of furan rings is 1. The molecule has 0 aliphatic heterocycles. The summed E-state index contributed by atoms with van der Waals surface area (Å²) < 4.78 is 10.6. The van der Waals surface area contributed by atoms with E-state index in [-0.39, 0.29) is 5.75 Å². The van der Waals surface area contributed by atoms with Gasteiger partial charge >= 0.3 is 0 Å². The van der Waals surface area contributed by atoms with Gasteiger partial charge in [-0.2, -0.15) is 0 Å². The summed E-state index contributed by atoms with van der Waals surface area (Å²) in [4.78, 5) is 0. The second kappa shape index (κ2) is 6.42. The van der Waals surface area contributed by atoms with Crippen LogP contribution in [0.4, 0.5) is 0 Å². The van der Waals surface area contributed by atoms with E-state index in [1.54, 1.807) is 32.2 Å². The van der Waals surface area contributed by atoms with Gasteiger partial charge in [-0.1, -0.05) is 0 Å². The molecule has 1 unspecified atom stereocenters. The number of benzene rings is 1. The zero-order chi connectivity index (χ0) is 16.3. The number of nitrogens with one attached hydrogen (secondary N) is 1. The Morgan fingerprint density at radius 2 is 2.00 bits per heavy atom. The minimum Gasteiger partial charge on any atom is -0.508 e. The standard InChI is InChI=1S/C17H23NO4/c1-11-7-15(12(2)22-11)17(3,20)10-18-9-13-8-14(21-4)5-6-16(13)19/h5-8,18-20H,9-10H2,1-4H3. The summed E-state index contributed by atoms with van der Waals surface area (Å²) in [6.45, 7) is 6.19. The predicted molar refractivity (Wildman–Crippen MR) is 84.1 cm³/mol. The van der Waals surface area contributed by atoms with Crippen molar-refractivity contribution in [3.8, 4) is 11.5 Å². The Kier molecular flexibility index (Phi) is 4.78. The highest BCUT2D eigenvalue weighted by atomic mass is 16.5. The van der Waals surface area contributed by atoms with Crippen molar-refractivity contribution in [2.75, 3.05) is 13.7 Å². The van der Waals surface area contributed by atoms with E-state index in [4.69, 9.17) is 9.15 Å². The summed E-state index contributed by atoms with van der Waals surface area (Å²) in [5.74, 6) is 2.37. The summed E-state index contributed by atoms with van der Waals surface area (Å²) in [6.07, 6.45) is 0. The van der Waals surface area contributed by atoms with Gasteiger partial charge in [0.2, 0.25) is 0 Å². The van der Waals surface area contributed by atoms with Gasteiger partial charge in [-0.3, -0.25) is 0 Å². The van der Waals surface area contributed by atoms with Gasteiger partial charge in [-0.15, -0.1) is 0 Å². The normalized spacial score (nSPS) is 13.9. The number of ether oxygens (including phenoxy) is 1. The molecule has 0 bridgehead atoms. The van der Waals surface area contributed by atoms with Crippen molar-refractivity contribution in [3.63, 3.8) is 0 Å². The molecule has 1 atom stereocenters. The van der Waals surface area contributed by atoms with Crippen LogP contribution in [0.2, 0.25) is 0 Å². The molecule has 0 fully saturated rings. The Balaban J connectivity index is 2.02. The number of hydrogen-bond donors (Lipinski definition) is 3. The average molecular weight is 305 g/mol. The molecule has 22 heavy (non-hydrogen) atoms. The number of methoxy groups -OCH3 is 1. The lowest BCUT2D eigenvalue weighted by Crippen LogP contribution is -2.35. The summed E-state index contributed by atoms with van der Waals surface area (Å²) in [6, 6.07) is 6.91. The van der Waals surface area contributed by atoms with Crippen molar-refractivity contribution >= 4 is 0 Å². The molecule has 0 amide bonds. The highest BCUT2D eigenvalue weighted by Crippen LogP contribution is 2.27. The van der Waals surface area contributed by atoms with E-state index < -0.39 is 5.60 Å². The second-order valence-corrected chi connectivity index (χ2v) is 5.70. The Labute approximate surface area is 130 Å². The molecule has 2 aromatic rings. The van der Waals surface area contributed by atoms with Crippen LogP contribution in [-0.4, -0.2) is 23.9 Å². The zero-order valence-corrected chi connectivity index (χ0v) is 13.4. The molecule has 3 N–H and O–H groups in total. The lowest BCUT2D eigenvalue weighted by Gasteiger charge is -2.23. The van der Waals surface area contributed by atoms with Gasteiger partial charge < -0.3 is 24.7 Å². The van der Waals surface area contributed by atoms with Gasteiger partial charge in [0.15, 0.2) is 0 Å². The smallest absolute Gasteiger partial charge is 0.120 e. The van der Waals surface area contributed by atoms with Crippen molar-refractivity contribution < 1.29 is 19.4 Å². The third kappa shape index (κ3) is 3.61. The Morgan fingerprint density at radius 3 is 2.59 bits per heavy atom. The SMILES string of the molecule is COc1ccc(O)c(CNCC(C)(O)c2cc(C)oc2C)c1. The van der Waals surface area contributed by atoms with Crippen LogP contribution in [0.25, 0.3) is 0 Å². The van der Waals surface area contributed by atoms with E-state index in [2.05, 4.69) is 5.32 Å². The number of aryl methyl sites for hydroxylation is 2. The van der Waals surface area contributed by atoms with Crippen LogP contribution in [0.1, 0.15) is 29.6 Å². The molecule has 1 aromatic carbocycles. The zero-order valence-electron chi connectivity index (χ0n) is 13.4. The van der Waals surface area contributed by atoms with Crippen LogP contribution in [-0.2, 0) is 12.1 Å². The van der Waals surface area contributed by atoms with Gasteiger partial charge in [-0.05, 0) is 45.0 Å². The van der Waals surface area contributed by atoms with E-state index in [9.17, 15) is 10.2 Å². The first kappa shape index (κ1) is 16.4. The summed E-state index contributed by atoms with van der Waals surface area (Å²) in [5, 5.41) is 23.6. The van der Waals surface area contributed by atoms with E-state index in [0.29, 0.717) is 24.6 Å². The minimum atomic E-state index is -1.05. The van der Waals surface area contributed by atoms with Gasteiger partial charge in [0.05, 0.1) is 7.11 Å². The number of aromatic hydroxyl groups is 1. The largest absolute Gasteiger partial charge is 0.508 e. The van der Waals surface area contributed by atoms with E-state index in [0.717, 1.165) is 16.9 Å². The predicted octanol–water partition coefficient (Wildman–Crippen LogP) is 2.61. The van der Waals surface area contributed by atoms with Crippen LogP contribution in [0.15, 0.2) is 28.7 Å². The third-order valence-electron chi connectivity index (χ3n) is 3.69. The Hall–Kier alpha value is -1.98. The van der Waals surface area contributed by atoms with Crippen LogP contribution in [0.5, 0.6) is 11.5 Å². The van der Waals surface area contributed by atoms with Crippen molar-refractivity contribution in [1.29, 1.82) is 0 Å². The Bertz CT molecular complexity index is 646. The number of phenolic OH excluding ortho intramolecular Hbond substituents is 1. The summed E-state index contributed by atoms with van der Waals surface area (Å²) >= 11 is 0. The van der Waals surface area contributed by atoms with Crippen LogP contribution in [0.3, 0.4) is 0 Å². The van der Waals surface area contributed by atoms with Crippen molar-refractivity contribution in [2.24, 2.45) is 0 Å². The topological polar surface area (TPSA) is 74.9 Å². The second-order valence-electron chi connectivity index (χ2n) is 5.70. The molecule has 0 saturated carbocycles. The fourth-order valence-corrected chi connectivity index (χ4v) is 2.53. The first-order chi connectivity index (χ1) is 10.3. The third-order valence-corrected chi connectivity index (χ3v) is 3.69. The molecule has 1 heterocycles. The number of rotatable bonds is 6. The molecule has 5 heteroatoms. The maximum Gasteiger partial charge on any atom is 0.120 e. The maximum absolute atomic E-state index is 10.6. The van der Waals surface area contributed by atoms with Crippen LogP contribution >= 0.6 is 0 Å². The molecule has 0 radical (unpaired) electrons. The van der Waals surface area contributed by atoms with E-state index in [1.165, 1.54) is 0 Å². The fraction of sp³-hybridized carbons (Fsp3) is 0.412. The molecule has 0 aliphatic rings. The van der Waals surface area contributed by atoms with Gasteiger partial charge in [0.25, 0.3) is 0 Å². The molecule has 2 rings (SSSR count). The van der Waals surface area contributed by atoms with Crippen molar-refractivity contribution in [2.45, 2.75) is 32.9 Å². The first-order valence-corrected chi connectivity index (χ1v) is 7.20. The molecular weight excluding hydrogens is 282 g/mol. The monoisotopic (exact) mass is 305 g/mol. The maximum atomic E-state index is 10.6. The fourth-order valence-electron chi connectivity index (χ4n) is 2.53. The number of aliphatic hydroxyl groups is 1. The molecule has 5 nitrogen and oxygen atoms in total. The van der Waals surface area contributed by atoms with E-state index in [1.807, 2.05) is 19.9 Å². The van der Waals surface area contributed by atoms with Gasteiger partial charge in [0, 0.05) is 24.2 Å². The highest BCUT2D eigenvalue weighted by Gasteiger charge is 2.27. The average Bonchev–Trinajstić information content (AvgIpc) is 2.80. The highest BCUT2D eigenvalue weighted by molar-refractivity contribution is 5.39. The molecule has 0 aliphatic carbocycles. The number of hydrogen-bond acceptors (Lipinski definition) is 5. The minimum absolute atomic E-state index is 0.197.